The van der Waals surface area contributed by atoms with E-state index in [1.165, 1.54) is 4.68 Å². The minimum atomic E-state index is -0.166. The van der Waals surface area contributed by atoms with Crippen LogP contribution in [0.15, 0.2) is 90.9 Å². The predicted octanol–water partition coefficient (Wildman–Crippen LogP) is 6.80. The van der Waals surface area contributed by atoms with E-state index in [0.717, 1.165) is 31.3 Å². The van der Waals surface area contributed by atoms with E-state index in [4.69, 9.17) is 11.6 Å². The first-order chi connectivity index (χ1) is 15.0. The third kappa shape index (κ3) is 5.26. The van der Waals surface area contributed by atoms with Crippen LogP contribution in [-0.2, 0) is 6.42 Å². The van der Waals surface area contributed by atoms with Crippen LogP contribution in [-0.4, -0.2) is 15.9 Å². The van der Waals surface area contributed by atoms with Crippen LogP contribution in [0.2, 0.25) is 5.02 Å². The average Bonchev–Trinajstić information content (AvgIpc) is 2.77. The molecule has 4 aromatic rings. The summed E-state index contributed by atoms with van der Waals surface area (Å²) in [5.74, 6) is 0.661. The number of fused-ring (bicyclic) bond motifs is 1. The summed E-state index contributed by atoms with van der Waals surface area (Å²) in [5.41, 5.74) is 1.43. The lowest BCUT2D eigenvalue weighted by molar-refractivity contribution is 0.704. The molecule has 0 saturated carbocycles. The van der Waals surface area contributed by atoms with Crippen molar-refractivity contribution in [3.63, 3.8) is 0 Å². The summed E-state index contributed by atoms with van der Waals surface area (Å²) in [6.07, 6.45) is 3.25. The van der Waals surface area contributed by atoms with Gasteiger partial charge in [0.25, 0.3) is 5.56 Å². The van der Waals surface area contributed by atoms with Gasteiger partial charge in [0.1, 0.15) is 5.82 Å². The molecule has 0 amide bonds. The van der Waals surface area contributed by atoms with Crippen molar-refractivity contribution in [2.75, 3.05) is 0 Å². The largest absolute Gasteiger partial charge is 0.282 e. The maximum absolute atomic E-state index is 13.1. The molecule has 0 aliphatic carbocycles. The predicted molar refractivity (Wildman–Crippen MR) is 133 cm³/mol. The molecular weight excluding hydrogens is 494 g/mol. The van der Waals surface area contributed by atoms with Crippen molar-refractivity contribution in [2.45, 2.75) is 29.6 Å². The first-order valence-electron chi connectivity index (χ1n) is 9.82. The second kappa shape index (κ2) is 9.81. The molecule has 0 aliphatic heterocycles. The van der Waals surface area contributed by atoms with E-state index in [-0.39, 0.29) is 5.56 Å². The first-order valence-corrected chi connectivity index (χ1v) is 11.8. The van der Waals surface area contributed by atoms with Gasteiger partial charge in [-0.2, -0.15) is 9.78 Å². The monoisotopic (exact) mass is 511 g/mol. The van der Waals surface area contributed by atoms with Crippen molar-refractivity contribution >= 4 is 56.4 Å². The Morgan fingerprint density at radius 3 is 2.42 bits per heavy atom. The van der Waals surface area contributed by atoms with Gasteiger partial charge in [-0.1, -0.05) is 58.3 Å². The molecule has 0 bridgehead atoms. The Kier molecular flexibility index (Phi) is 6.90. The number of rotatable bonds is 6. The van der Waals surface area contributed by atoms with Crippen molar-refractivity contribution in [1.29, 1.82) is 0 Å². The van der Waals surface area contributed by atoms with E-state index < -0.39 is 0 Å². The number of benzene rings is 3. The second-order valence-corrected chi connectivity index (χ2v) is 9.43. The topological polar surface area (TPSA) is 47.2 Å². The number of aromatic nitrogens is 2. The number of nitrogens with zero attached hydrogens (tertiary/aromatic N) is 3. The third-order valence-electron chi connectivity index (χ3n) is 4.60. The van der Waals surface area contributed by atoms with Gasteiger partial charge in [0.2, 0.25) is 0 Å². The molecule has 0 fully saturated rings. The molecule has 1 aromatic heterocycles. The van der Waals surface area contributed by atoms with Gasteiger partial charge >= 0.3 is 0 Å². The molecule has 0 N–H and O–H groups in total. The molecule has 1 heterocycles. The van der Waals surface area contributed by atoms with E-state index in [1.54, 1.807) is 24.0 Å². The molecular formula is C24H19BrClN3OS. The van der Waals surface area contributed by atoms with Crippen molar-refractivity contribution in [2.24, 2.45) is 5.10 Å². The maximum atomic E-state index is 13.1. The van der Waals surface area contributed by atoms with Gasteiger partial charge in [0.15, 0.2) is 0 Å². The number of hydrogen-bond donors (Lipinski definition) is 0. The Bertz CT molecular complexity index is 1300. The molecule has 0 atom stereocenters. The molecule has 0 saturated heterocycles. The van der Waals surface area contributed by atoms with Gasteiger partial charge in [-0.05, 0) is 66.6 Å². The molecule has 0 spiro atoms. The zero-order valence-electron chi connectivity index (χ0n) is 16.8. The normalized spacial score (nSPS) is 11.5. The number of aryl methyl sites for hydroxylation is 1. The highest BCUT2D eigenvalue weighted by atomic mass is 79.9. The number of hydrogen-bond acceptors (Lipinski definition) is 4. The van der Waals surface area contributed by atoms with Crippen molar-refractivity contribution in [3.8, 4) is 0 Å². The van der Waals surface area contributed by atoms with E-state index in [1.807, 2.05) is 60.7 Å². The zero-order chi connectivity index (χ0) is 21.8. The summed E-state index contributed by atoms with van der Waals surface area (Å²) in [6.45, 7) is 2.06. The first kappa shape index (κ1) is 21.8. The van der Waals surface area contributed by atoms with Crippen LogP contribution in [0.25, 0.3) is 10.9 Å². The molecule has 156 valence electrons. The molecule has 7 heteroatoms. The second-order valence-electron chi connectivity index (χ2n) is 6.93. The van der Waals surface area contributed by atoms with Gasteiger partial charge in [-0.15, -0.1) is 0 Å². The minimum Gasteiger partial charge on any atom is -0.267 e. The molecule has 0 aliphatic rings. The Morgan fingerprint density at radius 2 is 1.74 bits per heavy atom. The lowest BCUT2D eigenvalue weighted by Crippen LogP contribution is -2.22. The zero-order valence-corrected chi connectivity index (χ0v) is 19.9. The molecule has 3 aromatic carbocycles. The average molecular weight is 513 g/mol. The molecule has 4 rings (SSSR count). The van der Waals surface area contributed by atoms with Crippen molar-refractivity contribution in [3.05, 3.63) is 98.0 Å². The van der Waals surface area contributed by atoms with E-state index in [2.05, 4.69) is 32.9 Å². The maximum Gasteiger partial charge on any atom is 0.282 e. The highest BCUT2D eigenvalue weighted by Crippen LogP contribution is 2.28. The summed E-state index contributed by atoms with van der Waals surface area (Å²) >= 11 is 11.0. The fraction of sp³-hybridized carbons (Fsp3) is 0.125. The van der Waals surface area contributed by atoms with Crippen molar-refractivity contribution in [1.82, 2.24) is 9.66 Å². The molecule has 0 radical (unpaired) electrons. The highest BCUT2D eigenvalue weighted by Gasteiger charge is 2.10. The van der Waals surface area contributed by atoms with Crippen LogP contribution < -0.4 is 5.56 Å². The standard InChI is InChI=1S/C24H19BrClN3OS/c1-2-3-23-28-22-13-6-17(25)14-21(22)24(30)29(23)27-15-16-4-9-19(10-5-16)31-20-11-7-18(26)8-12-20/h4-15H,2-3H2,1H3. The Morgan fingerprint density at radius 1 is 1.06 bits per heavy atom. The Hall–Kier alpha value is -2.41. The van der Waals surface area contributed by atoms with Crippen LogP contribution in [0, 0.1) is 0 Å². The van der Waals surface area contributed by atoms with Gasteiger partial charge in [0.05, 0.1) is 17.1 Å². The lowest BCUT2D eigenvalue weighted by Gasteiger charge is -2.08. The van der Waals surface area contributed by atoms with Gasteiger partial charge < -0.3 is 0 Å². The highest BCUT2D eigenvalue weighted by molar-refractivity contribution is 9.10. The SMILES string of the molecule is CCCc1nc2ccc(Br)cc2c(=O)n1N=Cc1ccc(Sc2ccc(Cl)cc2)cc1. The van der Waals surface area contributed by atoms with Crippen molar-refractivity contribution < 1.29 is 0 Å². The Labute approximate surface area is 198 Å². The summed E-state index contributed by atoms with van der Waals surface area (Å²) < 4.78 is 2.25. The van der Waals surface area contributed by atoms with Crippen LogP contribution in [0.5, 0.6) is 0 Å². The lowest BCUT2D eigenvalue weighted by atomic mass is 10.2. The Balaban J connectivity index is 1.61. The van der Waals surface area contributed by atoms with E-state index in [9.17, 15) is 4.79 Å². The molecule has 4 nitrogen and oxygen atoms in total. The van der Waals surface area contributed by atoms with Gasteiger partial charge in [-0.25, -0.2) is 4.98 Å². The fourth-order valence-electron chi connectivity index (χ4n) is 3.08. The van der Waals surface area contributed by atoms with E-state index in [0.29, 0.717) is 23.1 Å². The fourth-order valence-corrected chi connectivity index (χ4v) is 4.39. The third-order valence-corrected chi connectivity index (χ3v) is 6.36. The van der Waals surface area contributed by atoms with E-state index >= 15 is 0 Å². The van der Waals surface area contributed by atoms with Crippen LogP contribution in [0.3, 0.4) is 0 Å². The van der Waals surface area contributed by atoms with Gasteiger partial charge in [-0.3, -0.25) is 4.79 Å². The van der Waals surface area contributed by atoms with Crippen LogP contribution in [0.1, 0.15) is 24.7 Å². The molecule has 31 heavy (non-hydrogen) atoms. The van der Waals surface area contributed by atoms with Gasteiger partial charge in [0, 0.05) is 25.7 Å². The quantitative estimate of drug-likeness (QED) is 0.267. The summed E-state index contributed by atoms with van der Waals surface area (Å²) in [7, 11) is 0. The summed E-state index contributed by atoms with van der Waals surface area (Å²) in [5, 5.41) is 5.75. The number of halogens is 2. The van der Waals surface area contributed by atoms with Crippen LogP contribution >= 0.6 is 39.3 Å². The minimum absolute atomic E-state index is 0.166. The summed E-state index contributed by atoms with van der Waals surface area (Å²) in [4.78, 5) is 19.9. The van der Waals surface area contributed by atoms with Crippen LogP contribution in [0.4, 0.5) is 0 Å². The molecule has 0 unspecified atom stereocenters. The smallest absolute Gasteiger partial charge is 0.267 e. The summed E-state index contributed by atoms with van der Waals surface area (Å²) in [6, 6.07) is 21.3.